The molecule has 0 aliphatic carbocycles. The largest absolute Gasteiger partial charge is 0.497 e. The SMILES string of the molecule is CCCNC(=O)C(CC)N(Cc1ccc(Cl)cc1Cl)C(=O)CN(c1ccccc1OC)S(=O)(=O)c1ccc(OC)cc1. The van der Waals surface area contributed by atoms with Crippen molar-refractivity contribution in [2.75, 3.05) is 31.6 Å². The molecule has 1 atom stereocenters. The Morgan fingerprint density at radius 2 is 1.64 bits per heavy atom. The molecule has 0 aliphatic heterocycles. The van der Waals surface area contributed by atoms with E-state index in [0.29, 0.717) is 34.3 Å². The molecule has 0 spiro atoms. The monoisotopic (exact) mass is 635 g/mol. The molecule has 1 unspecified atom stereocenters. The van der Waals surface area contributed by atoms with Crippen molar-refractivity contribution >= 4 is 50.7 Å². The lowest BCUT2D eigenvalue weighted by Gasteiger charge is -2.33. The van der Waals surface area contributed by atoms with Gasteiger partial charge in [-0.1, -0.05) is 55.2 Å². The van der Waals surface area contributed by atoms with E-state index in [-0.39, 0.29) is 35.2 Å². The first-order valence-corrected chi connectivity index (χ1v) is 15.6. The summed E-state index contributed by atoms with van der Waals surface area (Å²) < 4.78 is 39.8. The van der Waals surface area contributed by atoms with Gasteiger partial charge in [0, 0.05) is 23.1 Å². The summed E-state index contributed by atoms with van der Waals surface area (Å²) in [6.07, 6.45) is 0.993. The number of rotatable bonds is 14. The van der Waals surface area contributed by atoms with Crippen LogP contribution in [0, 0.1) is 0 Å². The highest BCUT2D eigenvalue weighted by Crippen LogP contribution is 2.33. The zero-order chi connectivity index (χ0) is 30.9. The summed E-state index contributed by atoms with van der Waals surface area (Å²) in [6.45, 7) is 3.48. The van der Waals surface area contributed by atoms with Crippen LogP contribution in [0.4, 0.5) is 5.69 Å². The standard InChI is InChI=1S/C30H35Cl2N3O6S/c1-5-17-33-30(37)26(6-2)34(19-21-11-12-22(31)18-25(21)32)29(36)20-35(27-9-7-8-10-28(27)41-4)42(38,39)24-15-13-23(40-3)14-16-24/h7-16,18,26H,5-6,17,19-20H2,1-4H3,(H,33,37). The number of ether oxygens (including phenoxy) is 2. The molecule has 9 nitrogen and oxygen atoms in total. The van der Waals surface area contributed by atoms with E-state index in [0.717, 1.165) is 4.31 Å². The van der Waals surface area contributed by atoms with Gasteiger partial charge in [0.25, 0.3) is 10.0 Å². The lowest BCUT2D eigenvalue weighted by molar-refractivity contribution is -0.140. The van der Waals surface area contributed by atoms with Gasteiger partial charge < -0.3 is 19.7 Å². The molecule has 0 bridgehead atoms. The summed E-state index contributed by atoms with van der Waals surface area (Å²) in [5.74, 6) is -0.228. The Hall–Kier alpha value is -3.47. The Morgan fingerprint density at radius 1 is 0.952 bits per heavy atom. The van der Waals surface area contributed by atoms with Crippen molar-refractivity contribution in [2.24, 2.45) is 0 Å². The maximum atomic E-state index is 14.2. The fourth-order valence-electron chi connectivity index (χ4n) is 4.34. The van der Waals surface area contributed by atoms with Crippen LogP contribution in [0.5, 0.6) is 11.5 Å². The highest BCUT2D eigenvalue weighted by Gasteiger charge is 2.35. The van der Waals surface area contributed by atoms with Crippen LogP contribution in [-0.2, 0) is 26.2 Å². The van der Waals surface area contributed by atoms with E-state index in [9.17, 15) is 18.0 Å². The molecular weight excluding hydrogens is 601 g/mol. The number of nitrogens with zero attached hydrogens (tertiary/aromatic N) is 2. The minimum atomic E-state index is -4.29. The van der Waals surface area contributed by atoms with E-state index in [1.54, 1.807) is 49.4 Å². The molecule has 0 aliphatic rings. The number of anilines is 1. The second-order valence-corrected chi connectivity index (χ2v) is 12.0. The summed E-state index contributed by atoms with van der Waals surface area (Å²) in [4.78, 5) is 28.7. The first-order chi connectivity index (χ1) is 20.1. The van der Waals surface area contributed by atoms with Crippen LogP contribution in [0.1, 0.15) is 32.3 Å². The maximum absolute atomic E-state index is 14.2. The van der Waals surface area contributed by atoms with Gasteiger partial charge in [0.2, 0.25) is 11.8 Å². The van der Waals surface area contributed by atoms with Crippen LogP contribution < -0.4 is 19.1 Å². The molecule has 0 saturated carbocycles. The number of halogens is 2. The summed E-state index contributed by atoms with van der Waals surface area (Å²) in [7, 11) is -1.39. The van der Waals surface area contributed by atoms with E-state index in [1.807, 2.05) is 6.92 Å². The van der Waals surface area contributed by atoms with Gasteiger partial charge in [-0.25, -0.2) is 8.42 Å². The number of hydrogen-bond acceptors (Lipinski definition) is 6. The molecular formula is C30H35Cl2N3O6S. The lowest BCUT2D eigenvalue weighted by Crippen LogP contribution is -2.52. The Balaban J connectivity index is 2.11. The first kappa shape index (κ1) is 33.0. The van der Waals surface area contributed by atoms with Crippen molar-refractivity contribution in [3.8, 4) is 11.5 Å². The Bertz CT molecular complexity index is 1480. The molecule has 3 aromatic rings. The molecule has 0 saturated heterocycles. The summed E-state index contributed by atoms with van der Waals surface area (Å²) in [5.41, 5.74) is 0.718. The number of hydrogen-bond donors (Lipinski definition) is 1. The highest BCUT2D eigenvalue weighted by molar-refractivity contribution is 7.92. The van der Waals surface area contributed by atoms with Crippen LogP contribution in [0.3, 0.4) is 0 Å². The van der Waals surface area contributed by atoms with E-state index in [2.05, 4.69) is 5.32 Å². The quantitative estimate of drug-likeness (QED) is 0.249. The smallest absolute Gasteiger partial charge is 0.264 e. The second kappa shape index (κ2) is 15.1. The number of benzene rings is 3. The fraction of sp³-hybridized carbons (Fsp3) is 0.333. The molecule has 1 N–H and O–H groups in total. The number of amides is 2. The van der Waals surface area contributed by atoms with Gasteiger partial charge in [0.15, 0.2) is 0 Å². The van der Waals surface area contributed by atoms with Gasteiger partial charge in [-0.15, -0.1) is 0 Å². The summed E-state index contributed by atoms with van der Waals surface area (Å²) in [6, 6.07) is 16.3. The second-order valence-electron chi connectivity index (χ2n) is 9.33. The van der Waals surface area contributed by atoms with Crippen LogP contribution in [0.25, 0.3) is 0 Å². The third-order valence-electron chi connectivity index (χ3n) is 6.57. The van der Waals surface area contributed by atoms with Crippen molar-refractivity contribution in [3.63, 3.8) is 0 Å². The van der Waals surface area contributed by atoms with Crippen LogP contribution in [0.2, 0.25) is 10.0 Å². The van der Waals surface area contributed by atoms with Gasteiger partial charge >= 0.3 is 0 Å². The van der Waals surface area contributed by atoms with E-state index >= 15 is 0 Å². The van der Waals surface area contributed by atoms with Gasteiger partial charge in [-0.2, -0.15) is 0 Å². The number of carbonyl (C=O) groups excluding carboxylic acids is 2. The molecule has 3 aromatic carbocycles. The zero-order valence-corrected chi connectivity index (χ0v) is 26.3. The Labute approximate surface area is 257 Å². The van der Waals surface area contributed by atoms with Crippen LogP contribution in [-0.4, -0.2) is 58.5 Å². The molecule has 0 heterocycles. The molecule has 0 radical (unpaired) electrons. The van der Waals surface area contributed by atoms with Gasteiger partial charge in [0.1, 0.15) is 24.1 Å². The third kappa shape index (κ3) is 7.87. The number of sulfonamides is 1. The molecule has 0 fully saturated rings. The fourth-order valence-corrected chi connectivity index (χ4v) is 6.24. The van der Waals surface area contributed by atoms with E-state index in [4.69, 9.17) is 32.7 Å². The Kier molecular flexibility index (Phi) is 11.9. The maximum Gasteiger partial charge on any atom is 0.264 e. The molecule has 3 rings (SSSR count). The molecule has 226 valence electrons. The summed E-state index contributed by atoms with van der Waals surface area (Å²) in [5, 5.41) is 3.58. The topological polar surface area (TPSA) is 105 Å². The number of methoxy groups -OCH3 is 2. The van der Waals surface area contributed by atoms with Crippen molar-refractivity contribution in [2.45, 2.75) is 44.2 Å². The average molecular weight is 637 g/mol. The van der Waals surface area contributed by atoms with E-state index < -0.39 is 28.5 Å². The predicted octanol–water partition coefficient (Wildman–Crippen LogP) is 5.54. The summed E-state index contributed by atoms with van der Waals surface area (Å²) >= 11 is 12.5. The third-order valence-corrected chi connectivity index (χ3v) is 8.93. The first-order valence-electron chi connectivity index (χ1n) is 13.4. The van der Waals surface area contributed by atoms with Crippen molar-refractivity contribution in [3.05, 3.63) is 82.3 Å². The minimum Gasteiger partial charge on any atom is -0.497 e. The average Bonchev–Trinajstić information content (AvgIpc) is 2.99. The highest BCUT2D eigenvalue weighted by atomic mass is 35.5. The number of para-hydroxylation sites is 2. The van der Waals surface area contributed by atoms with Gasteiger partial charge in [-0.05, 0) is 66.9 Å². The van der Waals surface area contributed by atoms with Crippen LogP contribution >= 0.6 is 23.2 Å². The number of carbonyl (C=O) groups is 2. The minimum absolute atomic E-state index is 0.0464. The van der Waals surface area contributed by atoms with E-state index in [1.165, 1.54) is 43.4 Å². The van der Waals surface area contributed by atoms with Crippen molar-refractivity contribution < 1.29 is 27.5 Å². The molecule has 12 heteroatoms. The Morgan fingerprint density at radius 3 is 2.24 bits per heavy atom. The molecule has 0 aromatic heterocycles. The normalized spacial score (nSPS) is 11.9. The molecule has 2 amide bonds. The lowest BCUT2D eigenvalue weighted by atomic mass is 10.1. The molecule has 42 heavy (non-hydrogen) atoms. The van der Waals surface area contributed by atoms with Crippen molar-refractivity contribution in [1.82, 2.24) is 10.2 Å². The number of nitrogens with one attached hydrogen (secondary N) is 1. The van der Waals surface area contributed by atoms with Crippen LogP contribution in [0.15, 0.2) is 71.6 Å². The predicted molar refractivity (Wildman–Crippen MR) is 165 cm³/mol. The van der Waals surface area contributed by atoms with Gasteiger partial charge in [0.05, 0.1) is 24.8 Å². The zero-order valence-electron chi connectivity index (χ0n) is 24.0. The van der Waals surface area contributed by atoms with Crippen molar-refractivity contribution in [1.29, 1.82) is 0 Å². The van der Waals surface area contributed by atoms with Gasteiger partial charge in [-0.3, -0.25) is 13.9 Å².